The first-order valence-corrected chi connectivity index (χ1v) is 10.9. The lowest BCUT2D eigenvalue weighted by atomic mass is 10.2. The summed E-state index contributed by atoms with van der Waals surface area (Å²) in [5, 5.41) is 4.75. The van der Waals surface area contributed by atoms with Gasteiger partial charge in [0.15, 0.2) is 9.84 Å². The molecule has 6 nitrogen and oxygen atoms in total. The molecule has 2 aromatic rings. The number of thiophene rings is 1. The Morgan fingerprint density at radius 2 is 1.88 bits per heavy atom. The van der Waals surface area contributed by atoms with Crippen LogP contribution >= 0.6 is 11.3 Å². The van der Waals surface area contributed by atoms with E-state index >= 15 is 0 Å². The Morgan fingerprint density at radius 1 is 1.15 bits per heavy atom. The van der Waals surface area contributed by atoms with Crippen molar-refractivity contribution >= 4 is 38.1 Å². The number of ether oxygens (including phenoxy) is 1. The Balaban J connectivity index is 1.82. The molecule has 0 radical (unpaired) electrons. The van der Waals surface area contributed by atoms with Crippen molar-refractivity contribution in [1.82, 2.24) is 0 Å². The van der Waals surface area contributed by atoms with E-state index in [4.69, 9.17) is 4.74 Å². The number of hydrogen-bond donors (Lipinski definition) is 1. The normalized spacial score (nSPS) is 11.1. The zero-order chi connectivity index (χ0) is 19.0. The molecule has 1 heterocycles. The van der Waals surface area contributed by atoms with Crippen LogP contribution in [0.15, 0.2) is 41.8 Å². The summed E-state index contributed by atoms with van der Waals surface area (Å²) in [4.78, 5) is 23.8. The van der Waals surface area contributed by atoms with Gasteiger partial charge >= 0.3 is 5.97 Å². The number of sulfone groups is 1. The first-order chi connectivity index (χ1) is 12.4. The molecule has 0 bridgehead atoms. The molecule has 8 heteroatoms. The number of rotatable bonds is 9. The van der Waals surface area contributed by atoms with Crippen molar-refractivity contribution in [2.75, 3.05) is 17.7 Å². The maximum atomic E-state index is 12.1. The molecule has 1 N–H and O–H groups in total. The molecule has 0 saturated carbocycles. The van der Waals surface area contributed by atoms with Gasteiger partial charge in [0.05, 0.1) is 23.7 Å². The number of anilines is 1. The van der Waals surface area contributed by atoms with Crippen LogP contribution in [0.4, 0.5) is 5.00 Å². The zero-order valence-electron chi connectivity index (χ0n) is 14.4. The molecule has 0 aliphatic rings. The van der Waals surface area contributed by atoms with Crippen molar-refractivity contribution < 1.29 is 22.7 Å². The number of nitrogens with one attached hydrogen (secondary N) is 1. The van der Waals surface area contributed by atoms with Gasteiger partial charge in [-0.25, -0.2) is 13.2 Å². The van der Waals surface area contributed by atoms with Gasteiger partial charge in [0, 0.05) is 6.42 Å². The molecule has 2 rings (SSSR count). The van der Waals surface area contributed by atoms with E-state index < -0.39 is 15.8 Å². The molecule has 1 aromatic heterocycles. The topological polar surface area (TPSA) is 89.5 Å². The molecular weight excluding hydrogens is 374 g/mol. The Morgan fingerprint density at radius 3 is 2.58 bits per heavy atom. The zero-order valence-corrected chi connectivity index (χ0v) is 16.1. The number of amides is 1. The van der Waals surface area contributed by atoms with Crippen LogP contribution in [0.3, 0.4) is 0 Å². The van der Waals surface area contributed by atoms with Crippen LogP contribution in [0.2, 0.25) is 0 Å². The van der Waals surface area contributed by atoms with Gasteiger partial charge in [-0.3, -0.25) is 4.79 Å². The van der Waals surface area contributed by atoms with E-state index in [1.54, 1.807) is 42.6 Å². The average Bonchev–Trinajstić information content (AvgIpc) is 3.03. The summed E-state index contributed by atoms with van der Waals surface area (Å²) in [6.45, 7) is 1.96. The van der Waals surface area contributed by atoms with Gasteiger partial charge in [-0.05, 0) is 30.4 Å². The molecule has 26 heavy (non-hydrogen) atoms. The Labute approximate surface area is 157 Å². The summed E-state index contributed by atoms with van der Waals surface area (Å²) in [5.41, 5.74) is 1.04. The van der Waals surface area contributed by atoms with Crippen molar-refractivity contribution in [3.8, 4) is 0 Å². The van der Waals surface area contributed by atoms with Gasteiger partial charge in [-0.1, -0.05) is 30.3 Å². The van der Waals surface area contributed by atoms with Crippen molar-refractivity contribution in [2.24, 2.45) is 0 Å². The van der Waals surface area contributed by atoms with Crippen molar-refractivity contribution in [1.29, 1.82) is 0 Å². The minimum Gasteiger partial charge on any atom is -0.462 e. The van der Waals surface area contributed by atoms with E-state index in [0.29, 0.717) is 10.6 Å². The monoisotopic (exact) mass is 395 g/mol. The maximum Gasteiger partial charge on any atom is 0.341 e. The van der Waals surface area contributed by atoms with Gasteiger partial charge < -0.3 is 10.1 Å². The fourth-order valence-electron chi connectivity index (χ4n) is 2.32. The molecule has 0 saturated heterocycles. The molecule has 0 fully saturated rings. The number of carbonyl (C=O) groups excluding carboxylic acids is 2. The summed E-state index contributed by atoms with van der Waals surface area (Å²) >= 11 is 1.22. The molecule has 1 aromatic carbocycles. The fraction of sp³-hybridized carbons (Fsp3) is 0.333. The van der Waals surface area contributed by atoms with Crippen LogP contribution in [0, 0.1) is 0 Å². The first kappa shape index (κ1) is 20.1. The third-order valence-corrected chi connectivity index (χ3v) is 6.02. The second-order valence-corrected chi connectivity index (χ2v) is 8.71. The third kappa shape index (κ3) is 6.27. The highest BCUT2D eigenvalue weighted by Gasteiger charge is 2.17. The quantitative estimate of drug-likeness (QED) is 0.658. The highest BCUT2D eigenvalue weighted by molar-refractivity contribution is 7.90. The summed E-state index contributed by atoms with van der Waals surface area (Å²) < 4.78 is 29.2. The second-order valence-electron chi connectivity index (χ2n) is 5.61. The van der Waals surface area contributed by atoms with Gasteiger partial charge in [0.2, 0.25) is 5.91 Å². The minimum absolute atomic E-state index is 0.0343. The molecular formula is C18H21NO5S2. The SMILES string of the molecule is CCOC(=O)c1ccsc1NC(=O)CCCS(=O)(=O)Cc1ccccc1. The number of hydrogen-bond acceptors (Lipinski definition) is 6. The van der Waals surface area contributed by atoms with Crippen LogP contribution in [0.1, 0.15) is 35.7 Å². The van der Waals surface area contributed by atoms with Crippen LogP contribution in [-0.4, -0.2) is 32.7 Å². The average molecular weight is 396 g/mol. The Kier molecular flexibility index (Phi) is 7.35. The molecule has 0 atom stereocenters. The second kappa shape index (κ2) is 9.49. The largest absolute Gasteiger partial charge is 0.462 e. The fourth-order valence-corrected chi connectivity index (χ4v) is 4.54. The lowest BCUT2D eigenvalue weighted by Crippen LogP contribution is -2.16. The maximum absolute atomic E-state index is 12.1. The number of esters is 1. The molecule has 0 aliphatic carbocycles. The van der Waals surface area contributed by atoms with Crippen LogP contribution in [0.25, 0.3) is 0 Å². The molecule has 140 valence electrons. The molecule has 0 unspecified atom stereocenters. The van der Waals surface area contributed by atoms with E-state index in [1.165, 1.54) is 11.3 Å². The summed E-state index contributed by atoms with van der Waals surface area (Å²) in [6.07, 6.45) is 0.287. The molecule has 0 spiro atoms. The van der Waals surface area contributed by atoms with Gasteiger partial charge in [-0.2, -0.15) is 0 Å². The smallest absolute Gasteiger partial charge is 0.341 e. The van der Waals surface area contributed by atoms with Gasteiger partial charge in [0.1, 0.15) is 5.00 Å². The van der Waals surface area contributed by atoms with Crippen molar-refractivity contribution in [2.45, 2.75) is 25.5 Å². The highest BCUT2D eigenvalue weighted by atomic mass is 32.2. The van der Waals surface area contributed by atoms with E-state index in [2.05, 4.69) is 5.32 Å². The van der Waals surface area contributed by atoms with Crippen LogP contribution in [-0.2, 0) is 25.1 Å². The van der Waals surface area contributed by atoms with E-state index in [-0.39, 0.29) is 36.9 Å². The van der Waals surface area contributed by atoms with Gasteiger partial charge in [0.25, 0.3) is 0 Å². The van der Waals surface area contributed by atoms with Gasteiger partial charge in [-0.15, -0.1) is 11.3 Å². The number of benzene rings is 1. The minimum atomic E-state index is -3.27. The first-order valence-electron chi connectivity index (χ1n) is 8.20. The van der Waals surface area contributed by atoms with Crippen molar-refractivity contribution in [3.05, 3.63) is 52.9 Å². The predicted octanol–water partition coefficient (Wildman–Crippen LogP) is 3.26. The van der Waals surface area contributed by atoms with Crippen molar-refractivity contribution in [3.63, 3.8) is 0 Å². The van der Waals surface area contributed by atoms with E-state index in [1.807, 2.05) is 6.07 Å². The molecule has 0 aliphatic heterocycles. The molecule has 1 amide bonds. The predicted molar refractivity (Wildman–Crippen MR) is 102 cm³/mol. The third-order valence-electron chi connectivity index (χ3n) is 3.50. The van der Waals surface area contributed by atoms with Crippen LogP contribution in [0.5, 0.6) is 0 Å². The highest BCUT2D eigenvalue weighted by Crippen LogP contribution is 2.24. The number of carbonyl (C=O) groups is 2. The lowest BCUT2D eigenvalue weighted by molar-refractivity contribution is -0.116. The van der Waals surface area contributed by atoms with E-state index in [9.17, 15) is 18.0 Å². The summed E-state index contributed by atoms with van der Waals surface area (Å²) in [7, 11) is -3.27. The van der Waals surface area contributed by atoms with E-state index in [0.717, 1.165) is 5.56 Å². The summed E-state index contributed by atoms with van der Waals surface area (Å²) in [6, 6.07) is 10.5. The van der Waals surface area contributed by atoms with Crippen LogP contribution < -0.4 is 5.32 Å². The summed E-state index contributed by atoms with van der Waals surface area (Å²) in [5.74, 6) is -0.917. The Hall–Kier alpha value is -2.19. The Bertz CT molecular complexity index is 843. The standard InChI is InChI=1S/C18H21NO5S2/c1-2-24-18(21)15-10-11-25-17(15)19-16(20)9-6-12-26(22,23)13-14-7-4-3-5-8-14/h3-5,7-8,10-11H,2,6,9,12-13H2,1H3,(H,19,20). The lowest BCUT2D eigenvalue weighted by Gasteiger charge is -2.07.